The number of hydrogen-bond acceptors (Lipinski definition) is 4. The minimum Gasteiger partial charge on any atom is -0.378 e. The number of nitrogens with zero attached hydrogens (tertiary/aromatic N) is 2. The van der Waals surface area contributed by atoms with Crippen molar-refractivity contribution in [3.8, 4) is 0 Å². The quantitative estimate of drug-likeness (QED) is 0.939. The zero-order valence-electron chi connectivity index (χ0n) is 12.2. The van der Waals surface area contributed by atoms with Gasteiger partial charge in [0.2, 0.25) is 0 Å². The average molecular weight is 289 g/mol. The summed E-state index contributed by atoms with van der Waals surface area (Å²) in [6, 6.07) is 8.12. The number of carbonyl (C=O) groups excluding carboxylic acids is 1. The van der Waals surface area contributed by atoms with Crippen molar-refractivity contribution in [1.82, 2.24) is 9.88 Å². The molecule has 0 saturated heterocycles. The summed E-state index contributed by atoms with van der Waals surface area (Å²) in [6.45, 7) is 4.21. The number of aromatic nitrogens is 1. The number of aryl methyl sites for hydroxylation is 1. The van der Waals surface area contributed by atoms with Gasteiger partial charge in [-0.2, -0.15) is 0 Å². The molecule has 2 aromatic rings. The summed E-state index contributed by atoms with van der Waals surface area (Å²) < 4.78 is 0. The number of pyridine rings is 1. The van der Waals surface area contributed by atoms with E-state index in [9.17, 15) is 4.79 Å². The topological polar surface area (TPSA) is 45.2 Å². The van der Waals surface area contributed by atoms with Crippen LogP contribution in [-0.2, 0) is 0 Å². The van der Waals surface area contributed by atoms with E-state index in [1.807, 2.05) is 6.07 Å². The summed E-state index contributed by atoms with van der Waals surface area (Å²) in [6.07, 6.45) is 1.66. The predicted molar refractivity (Wildman–Crippen MR) is 83.3 cm³/mol. The monoisotopic (exact) mass is 289 g/mol. The van der Waals surface area contributed by atoms with Crippen molar-refractivity contribution in [2.24, 2.45) is 0 Å². The van der Waals surface area contributed by atoms with Crippen LogP contribution in [-0.4, -0.2) is 29.9 Å². The zero-order valence-corrected chi connectivity index (χ0v) is 13.0. The Morgan fingerprint density at radius 3 is 2.70 bits per heavy atom. The highest BCUT2D eigenvalue weighted by molar-refractivity contribution is 7.12. The molecule has 1 amide bonds. The van der Waals surface area contributed by atoms with E-state index in [-0.39, 0.29) is 11.9 Å². The van der Waals surface area contributed by atoms with Gasteiger partial charge in [0.25, 0.3) is 5.91 Å². The summed E-state index contributed by atoms with van der Waals surface area (Å²) in [5.41, 5.74) is 1.36. The molecule has 0 aliphatic heterocycles. The summed E-state index contributed by atoms with van der Waals surface area (Å²) in [4.78, 5) is 20.1. The van der Waals surface area contributed by atoms with Crippen LogP contribution in [0, 0.1) is 6.92 Å². The average Bonchev–Trinajstić information content (AvgIpc) is 2.85. The first kappa shape index (κ1) is 14.5. The second-order valence-corrected chi connectivity index (χ2v) is 6.26. The van der Waals surface area contributed by atoms with Crippen LogP contribution in [0.3, 0.4) is 0 Å². The number of hydrogen-bond donors (Lipinski definition) is 1. The highest BCUT2D eigenvalue weighted by Gasteiger charge is 2.12. The van der Waals surface area contributed by atoms with E-state index in [1.54, 1.807) is 37.7 Å². The molecule has 1 atom stereocenters. The van der Waals surface area contributed by atoms with Crippen LogP contribution in [0.4, 0.5) is 5.69 Å². The van der Waals surface area contributed by atoms with Crippen LogP contribution in [0.1, 0.15) is 33.2 Å². The van der Waals surface area contributed by atoms with Gasteiger partial charge in [-0.05, 0) is 38.1 Å². The van der Waals surface area contributed by atoms with Gasteiger partial charge in [-0.25, -0.2) is 0 Å². The van der Waals surface area contributed by atoms with Crippen molar-refractivity contribution < 1.29 is 4.79 Å². The number of thiophene rings is 1. The van der Waals surface area contributed by atoms with Crippen LogP contribution in [0.2, 0.25) is 0 Å². The molecule has 2 aromatic heterocycles. The Balaban J connectivity index is 2.14. The highest BCUT2D eigenvalue weighted by Crippen LogP contribution is 2.25. The van der Waals surface area contributed by atoms with Gasteiger partial charge in [-0.15, -0.1) is 11.3 Å². The first-order chi connectivity index (χ1) is 9.47. The number of nitrogens with one attached hydrogen (secondary N) is 1. The van der Waals surface area contributed by atoms with E-state index >= 15 is 0 Å². The molecule has 1 unspecified atom stereocenters. The molecule has 2 heterocycles. The summed E-state index contributed by atoms with van der Waals surface area (Å²) in [5, 5.41) is 3.41. The van der Waals surface area contributed by atoms with Crippen molar-refractivity contribution in [1.29, 1.82) is 0 Å². The van der Waals surface area contributed by atoms with E-state index in [1.165, 1.54) is 14.7 Å². The van der Waals surface area contributed by atoms with Crippen LogP contribution in [0.25, 0.3) is 0 Å². The Bertz CT molecular complexity index is 607. The largest absolute Gasteiger partial charge is 0.378 e. The van der Waals surface area contributed by atoms with Crippen LogP contribution in [0.5, 0.6) is 0 Å². The van der Waals surface area contributed by atoms with Crippen LogP contribution < -0.4 is 5.32 Å². The molecule has 0 bridgehead atoms. The molecule has 2 rings (SSSR count). The molecule has 106 valence electrons. The molecular formula is C15H19N3OS. The highest BCUT2D eigenvalue weighted by atomic mass is 32.1. The Morgan fingerprint density at radius 2 is 2.10 bits per heavy atom. The number of rotatable bonds is 4. The maximum absolute atomic E-state index is 11.9. The molecule has 0 aromatic carbocycles. The normalized spacial score (nSPS) is 12.0. The zero-order chi connectivity index (χ0) is 14.7. The lowest BCUT2D eigenvalue weighted by Gasteiger charge is -2.15. The third-order valence-corrected chi connectivity index (χ3v) is 4.14. The van der Waals surface area contributed by atoms with Gasteiger partial charge in [-0.3, -0.25) is 9.78 Å². The molecule has 5 heteroatoms. The van der Waals surface area contributed by atoms with Crippen molar-refractivity contribution in [3.63, 3.8) is 0 Å². The van der Waals surface area contributed by atoms with Crippen LogP contribution >= 0.6 is 11.3 Å². The molecule has 4 nitrogen and oxygen atoms in total. The number of anilines is 1. The first-order valence-electron chi connectivity index (χ1n) is 6.48. The standard InChI is InChI=1S/C15H19N3OS/c1-10-5-6-14(20-10)11(2)17-12-7-8-16-13(9-12)15(19)18(3)4/h5-9,11H,1-4H3,(H,16,17). The maximum Gasteiger partial charge on any atom is 0.272 e. The molecule has 0 aliphatic rings. The molecule has 1 N–H and O–H groups in total. The molecule has 0 saturated carbocycles. The lowest BCUT2D eigenvalue weighted by Crippen LogP contribution is -2.22. The van der Waals surface area contributed by atoms with E-state index in [4.69, 9.17) is 0 Å². The number of amides is 1. The molecule has 0 aliphatic carbocycles. The Kier molecular flexibility index (Phi) is 4.39. The third-order valence-electron chi connectivity index (χ3n) is 2.96. The molecule has 0 radical (unpaired) electrons. The van der Waals surface area contributed by atoms with E-state index < -0.39 is 0 Å². The molecule has 0 fully saturated rings. The fraction of sp³-hybridized carbons (Fsp3) is 0.333. The van der Waals surface area contributed by atoms with Crippen LogP contribution in [0.15, 0.2) is 30.5 Å². The predicted octanol–water partition coefficient (Wildman–Crippen LogP) is 3.33. The molecular weight excluding hydrogens is 270 g/mol. The van der Waals surface area contributed by atoms with Gasteiger partial charge in [0.1, 0.15) is 5.69 Å². The van der Waals surface area contributed by atoms with Crippen molar-refractivity contribution >= 4 is 22.9 Å². The van der Waals surface area contributed by atoms with Gasteiger partial charge in [0.05, 0.1) is 6.04 Å². The Morgan fingerprint density at radius 1 is 1.35 bits per heavy atom. The van der Waals surface area contributed by atoms with Gasteiger partial charge in [0.15, 0.2) is 0 Å². The van der Waals surface area contributed by atoms with Gasteiger partial charge < -0.3 is 10.2 Å². The second kappa shape index (κ2) is 6.05. The Hall–Kier alpha value is -1.88. The third kappa shape index (κ3) is 3.36. The summed E-state index contributed by atoms with van der Waals surface area (Å²) in [5.74, 6) is -0.0896. The summed E-state index contributed by atoms with van der Waals surface area (Å²) >= 11 is 1.78. The van der Waals surface area contributed by atoms with Crippen molar-refractivity contribution in [2.45, 2.75) is 19.9 Å². The fourth-order valence-corrected chi connectivity index (χ4v) is 2.75. The van der Waals surface area contributed by atoms with Crippen molar-refractivity contribution in [3.05, 3.63) is 45.9 Å². The van der Waals surface area contributed by atoms with Crippen molar-refractivity contribution in [2.75, 3.05) is 19.4 Å². The van der Waals surface area contributed by atoms with Gasteiger partial charge >= 0.3 is 0 Å². The SMILES string of the molecule is Cc1ccc(C(C)Nc2ccnc(C(=O)N(C)C)c2)s1. The minimum absolute atomic E-state index is 0.0896. The number of carbonyl (C=O) groups is 1. The summed E-state index contributed by atoms with van der Waals surface area (Å²) in [7, 11) is 3.45. The minimum atomic E-state index is -0.0896. The van der Waals surface area contributed by atoms with Gasteiger partial charge in [0, 0.05) is 35.7 Å². The lowest BCUT2D eigenvalue weighted by molar-refractivity contribution is 0.0822. The van der Waals surface area contributed by atoms with E-state index in [0.29, 0.717) is 5.69 Å². The maximum atomic E-state index is 11.9. The Labute approximate surface area is 123 Å². The molecule has 0 spiro atoms. The fourth-order valence-electron chi connectivity index (χ4n) is 1.87. The van der Waals surface area contributed by atoms with E-state index in [2.05, 4.69) is 36.3 Å². The molecule has 20 heavy (non-hydrogen) atoms. The van der Waals surface area contributed by atoms with E-state index in [0.717, 1.165) is 5.69 Å². The lowest BCUT2D eigenvalue weighted by atomic mass is 10.2. The van der Waals surface area contributed by atoms with Gasteiger partial charge in [-0.1, -0.05) is 0 Å². The second-order valence-electron chi connectivity index (χ2n) is 4.94. The first-order valence-corrected chi connectivity index (χ1v) is 7.29. The smallest absolute Gasteiger partial charge is 0.272 e.